The fourth-order valence-corrected chi connectivity index (χ4v) is 17.5. The minimum atomic E-state index is -1.81. The van der Waals surface area contributed by atoms with E-state index in [1.807, 2.05) is 18.2 Å². The number of hydrogen-bond acceptors (Lipinski definition) is 24. The number of benzene rings is 4. The van der Waals surface area contributed by atoms with Gasteiger partial charge in [-0.15, -0.1) is 0 Å². The van der Waals surface area contributed by atoms with Crippen molar-refractivity contribution < 1.29 is 101 Å². The van der Waals surface area contributed by atoms with Gasteiger partial charge in [-0.05, 0) is 155 Å². The number of fused-ring (bicyclic) bond motifs is 7. The van der Waals surface area contributed by atoms with Crippen LogP contribution >= 0.6 is 0 Å². The molecule has 0 aliphatic carbocycles. The Hall–Kier alpha value is -14.7. The van der Waals surface area contributed by atoms with Crippen LogP contribution in [-0.2, 0) is 94.7 Å². The zero-order valence-corrected chi connectivity index (χ0v) is 81.3. The van der Waals surface area contributed by atoms with Gasteiger partial charge in [-0.2, -0.15) is 0 Å². The van der Waals surface area contributed by atoms with Gasteiger partial charge >= 0.3 is 5.97 Å². The second-order valence-corrected chi connectivity index (χ2v) is 38.2. The van der Waals surface area contributed by atoms with E-state index in [1.165, 1.54) is 36.4 Å². The summed E-state index contributed by atoms with van der Waals surface area (Å²) >= 11 is 0. The third-order valence-corrected chi connectivity index (χ3v) is 25.2. The van der Waals surface area contributed by atoms with Crippen molar-refractivity contribution >= 4 is 134 Å². The lowest BCUT2D eigenvalue weighted by Gasteiger charge is -2.36. The third kappa shape index (κ3) is 33.5. The highest BCUT2D eigenvalue weighted by molar-refractivity contribution is 7.85. The van der Waals surface area contributed by atoms with Crippen LogP contribution in [0.25, 0.3) is 10.9 Å². The van der Waals surface area contributed by atoms with Crippen molar-refractivity contribution in [1.82, 2.24) is 89.6 Å². The number of hydrogen-bond donors (Lipinski definition) is 26. The zero-order valence-electron chi connectivity index (χ0n) is 80.4. The minimum absolute atomic E-state index is 0.00355. The van der Waals surface area contributed by atoms with Gasteiger partial charge in [-0.25, -0.2) is 4.79 Å². The molecule has 4 aromatic carbocycles. The van der Waals surface area contributed by atoms with Crippen molar-refractivity contribution in [1.29, 1.82) is 16.2 Å². The molecule has 5 aromatic rings. The fourth-order valence-electron chi connectivity index (χ4n) is 16.5. The van der Waals surface area contributed by atoms with Crippen LogP contribution in [0.5, 0.6) is 23.0 Å². The van der Waals surface area contributed by atoms with Crippen LogP contribution in [0.4, 0.5) is 0 Å². The van der Waals surface area contributed by atoms with E-state index < -0.39 is 209 Å². The van der Waals surface area contributed by atoms with Crippen LogP contribution < -0.4 is 113 Å². The highest BCUT2D eigenvalue weighted by Gasteiger charge is 2.54. The number of carbonyl (C=O) groups excluding carboxylic acids is 16. The van der Waals surface area contributed by atoms with Gasteiger partial charge in [0.2, 0.25) is 82.7 Å². The molecule has 0 saturated carbocycles. The summed E-state index contributed by atoms with van der Waals surface area (Å²) in [6.45, 7) is 12.0. The predicted molar refractivity (Wildman–Crippen MR) is 520 cm³/mol. The van der Waals surface area contributed by atoms with Gasteiger partial charge in [0, 0.05) is 126 Å². The number of nitrogens with one attached hydrogen (secondary N) is 19. The number of ether oxygens (including phenoxy) is 2. The Kier molecular flexibility index (Phi) is 42.3. The SMILES string of the molecule is CC[C@H](C)[C@H](NC(=O)CN1CCS(=O)CCC(=O)N[C@@H](CCCNC(=N)N)C(=O)N[C@@H](CCCCNC(=O)c2ccc3c(c2)C(=O)OC32c3ccc(O)cc3Oc3cc(O)ccc32)C1=O)C(=O)N[C@@H](CC(C)C)C(=O)N[C@@H](CCCNC(=N)N)C(=O)N[C@@H](CCCNC(=N)N)C(=O)N[C@@H](CC(C)C)C(=O)N[C@@H](CC(C)C)C(=O)N[C@@H](CCC(N)=O)C(=O)NCC(=O)N[C@@H](Cc1c[nH]c2ccccc12)C(N)=O. The average molecular weight is 1980 g/mol. The summed E-state index contributed by atoms with van der Waals surface area (Å²) in [5.41, 5.74) is 29.0. The van der Waals surface area contributed by atoms with Crippen molar-refractivity contribution in [3.8, 4) is 23.0 Å². The van der Waals surface area contributed by atoms with E-state index in [-0.39, 0.29) is 205 Å². The molecule has 46 nitrogen and oxygen atoms in total. The lowest BCUT2D eigenvalue weighted by molar-refractivity contribution is -0.141. The number of esters is 1. The number of rotatable bonds is 51. The number of nitrogens with zero attached hydrogens (tertiary/aromatic N) is 1. The van der Waals surface area contributed by atoms with Crippen LogP contribution in [0.2, 0.25) is 0 Å². The molecule has 3 aliphatic rings. The molecular weight excluding hydrogens is 1850 g/mol. The maximum atomic E-state index is 15.3. The molecule has 1 saturated heterocycles. The summed E-state index contributed by atoms with van der Waals surface area (Å²) in [7, 11) is -1.81. The smallest absolute Gasteiger partial charge is 0.340 e. The Morgan fingerprint density at radius 2 is 1.04 bits per heavy atom. The van der Waals surface area contributed by atoms with Gasteiger partial charge in [0.25, 0.3) is 5.91 Å². The van der Waals surface area contributed by atoms with E-state index in [1.54, 1.807) is 85.9 Å². The molecule has 1 fully saturated rings. The summed E-state index contributed by atoms with van der Waals surface area (Å²) < 4.78 is 26.0. The quantitative estimate of drug-likeness (QED) is 0.00957. The summed E-state index contributed by atoms with van der Waals surface area (Å²) in [5.74, 6) is -17.0. The van der Waals surface area contributed by atoms with Crippen LogP contribution in [0, 0.1) is 39.9 Å². The molecule has 4 heterocycles. The number of amides is 15. The Morgan fingerprint density at radius 3 is 1.57 bits per heavy atom. The number of primary amides is 2. The average Bonchev–Trinajstić information content (AvgIpc) is 1.55. The zero-order chi connectivity index (χ0) is 104. The highest BCUT2D eigenvalue weighted by atomic mass is 32.2. The first-order chi connectivity index (χ1) is 66.8. The molecular formula is C94H135N25O21S. The lowest BCUT2D eigenvalue weighted by atomic mass is 9.77. The van der Waals surface area contributed by atoms with Gasteiger partial charge in [0.1, 0.15) is 83.4 Å². The first-order valence-corrected chi connectivity index (χ1v) is 48.6. The molecule has 0 radical (unpaired) electrons. The van der Waals surface area contributed by atoms with Crippen molar-refractivity contribution in [3.05, 3.63) is 118 Å². The highest BCUT2D eigenvalue weighted by Crippen LogP contribution is 2.57. The maximum Gasteiger partial charge on any atom is 0.340 e. The number of aromatic amines is 1. The van der Waals surface area contributed by atoms with Gasteiger partial charge in [-0.1, -0.05) is 86.1 Å². The van der Waals surface area contributed by atoms with Gasteiger partial charge in [0.15, 0.2) is 23.5 Å². The number of phenolic OH excluding ortho intramolecular Hbond substituents is 2. The van der Waals surface area contributed by atoms with E-state index in [9.17, 15) is 72.0 Å². The standard InChI is InChI=1S/C94H135N25O21S/c1-9-52(8)78(118-77(125)48-119-36-38-141(138)37-31-75(123)109-63(20-14-33-104-91(97)98)82(129)114-67(89(119)136)19-12-13-32-103-80(127)53-23-26-59-58(42-53)90(137)140-94(59)60-27-24-55(120)44-72(60)139-73-45-56(121)25-28-61(73)94)88(135)117-71(41-51(6)7)86(133)112-64(21-15-34-105-92(99)100)83(130)111-65(22-16-35-106-93(101)102)84(131)115-70(40-50(4)5)87(134)116-69(39-49(2)3)85(132)113-66(29-30-74(95)122)81(128)108-47-76(124)110-68(79(96)126)43-54-46-107-62-18-11-10-17-57(54)62/h10-11,17-18,23-28,42,44-46,49-52,63-71,78,107,120-121H,9,12-16,19-22,29-41,43,47-48H2,1-8H3,(H2,95,122)(H2,96,126)(H,103,127)(H,108,128)(H,109,123)(H,110,124)(H,111,130)(H,112,133)(H,113,132)(H,114,129)(H,115,131)(H,116,134)(H,117,135)(H,118,125)(H4,97,98,104)(H4,99,100,105)(H4,101,102,106)/t52-,63-,64-,65-,66-,67-,68-,69-,70-,71-,78-,141?/m0/s1. The van der Waals surface area contributed by atoms with Crippen LogP contribution in [-0.4, -0.2) is 254 Å². The largest absolute Gasteiger partial charge is 0.508 e. The van der Waals surface area contributed by atoms with Crippen LogP contribution in [0.1, 0.15) is 201 Å². The molecule has 3 aliphatic heterocycles. The van der Waals surface area contributed by atoms with Crippen LogP contribution in [0.15, 0.2) is 85.1 Å². The summed E-state index contributed by atoms with van der Waals surface area (Å²) in [4.78, 5) is 231. The topological polar surface area (TPSA) is 750 Å². The maximum absolute atomic E-state index is 15.3. The predicted octanol–water partition coefficient (Wildman–Crippen LogP) is -1.04. The molecule has 1 unspecified atom stereocenters. The van der Waals surface area contributed by atoms with Crippen molar-refractivity contribution in [2.75, 3.05) is 57.3 Å². The van der Waals surface area contributed by atoms with Crippen molar-refractivity contribution in [2.24, 2.45) is 52.3 Å². The lowest BCUT2D eigenvalue weighted by Crippen LogP contribution is -2.61. The van der Waals surface area contributed by atoms with E-state index in [2.05, 4.69) is 84.7 Å². The van der Waals surface area contributed by atoms with E-state index in [4.69, 9.17) is 54.4 Å². The molecule has 15 amide bonds. The van der Waals surface area contributed by atoms with Gasteiger partial charge in [0.05, 0.1) is 18.7 Å². The Bertz CT molecular complexity index is 5370. The number of para-hydroxylation sites is 1. The Balaban J connectivity index is 0.971. The second-order valence-electron chi connectivity index (χ2n) is 36.5. The number of guanidine groups is 3. The Labute approximate surface area is 818 Å². The fraction of sp³-hybridized carbons (Fsp3) is 0.521. The number of aromatic nitrogens is 1. The number of unbranched alkanes of at least 4 members (excludes halogenated alkanes) is 1. The number of aromatic hydroxyl groups is 2. The first-order valence-electron chi connectivity index (χ1n) is 47.1. The summed E-state index contributed by atoms with van der Waals surface area (Å²) in [6, 6.07) is 5.87. The van der Waals surface area contributed by atoms with Gasteiger partial charge in [-0.3, -0.25) is 92.4 Å². The monoisotopic (exact) mass is 1980 g/mol. The van der Waals surface area contributed by atoms with Crippen molar-refractivity contribution in [3.63, 3.8) is 0 Å². The van der Waals surface area contributed by atoms with E-state index in [0.29, 0.717) is 22.3 Å². The molecule has 12 atom stereocenters. The molecule has 31 N–H and O–H groups in total. The Morgan fingerprint density at radius 1 is 0.532 bits per heavy atom. The molecule has 1 aromatic heterocycles. The molecule has 47 heteroatoms. The number of carbonyl (C=O) groups is 16. The molecule has 141 heavy (non-hydrogen) atoms. The molecule has 1 spiro atoms. The molecule has 0 bridgehead atoms. The second kappa shape index (κ2) is 53.5. The number of phenols is 2. The summed E-state index contributed by atoms with van der Waals surface area (Å²) in [5, 5.41) is 84.8. The minimum Gasteiger partial charge on any atom is -0.508 e. The first kappa shape index (κ1) is 112. The van der Waals surface area contributed by atoms with E-state index in [0.717, 1.165) is 15.8 Å². The number of nitrogens with two attached hydrogens (primary N) is 5. The normalized spacial score (nSPS) is 16.9. The molecule has 8 rings (SSSR count). The van der Waals surface area contributed by atoms with Crippen molar-refractivity contribution in [2.45, 2.75) is 231 Å². The van der Waals surface area contributed by atoms with E-state index >= 15 is 19.2 Å². The molecule has 768 valence electrons. The summed E-state index contributed by atoms with van der Waals surface area (Å²) in [6.07, 6.45) is 0.556. The van der Waals surface area contributed by atoms with Gasteiger partial charge < -0.3 is 138 Å². The van der Waals surface area contributed by atoms with Crippen LogP contribution in [0.3, 0.4) is 0 Å². The number of H-pyrrole nitrogens is 1. The third-order valence-electron chi connectivity index (χ3n) is 23.9.